The molecule has 3 heterocycles. The summed E-state index contributed by atoms with van der Waals surface area (Å²) >= 11 is 1.24. The van der Waals surface area contributed by atoms with Gasteiger partial charge >= 0.3 is 12.0 Å². The van der Waals surface area contributed by atoms with Gasteiger partial charge in [-0.25, -0.2) is 14.3 Å². The molecular weight excluding hydrogens is 420 g/mol. The van der Waals surface area contributed by atoms with E-state index >= 15 is 0 Å². The van der Waals surface area contributed by atoms with Crippen molar-refractivity contribution in [3.05, 3.63) is 65.6 Å². The van der Waals surface area contributed by atoms with E-state index in [1.807, 2.05) is 30.3 Å². The zero-order valence-corrected chi connectivity index (χ0v) is 17.6. The molecule has 0 saturated carbocycles. The van der Waals surface area contributed by atoms with Gasteiger partial charge in [-0.1, -0.05) is 42.1 Å². The van der Waals surface area contributed by atoms with Crippen LogP contribution in [-0.4, -0.2) is 51.7 Å². The van der Waals surface area contributed by atoms with Gasteiger partial charge in [-0.15, -0.1) is 10.2 Å². The maximum atomic E-state index is 12.7. The molecule has 2 amide bonds. The lowest BCUT2D eigenvalue weighted by molar-refractivity contribution is -0.136. The van der Waals surface area contributed by atoms with E-state index in [9.17, 15) is 9.59 Å². The molecule has 0 spiro atoms. The van der Waals surface area contributed by atoms with E-state index in [4.69, 9.17) is 15.0 Å². The molecule has 10 nitrogen and oxygen atoms in total. The fraction of sp³-hybridized carbons (Fsp3) is 0.200. The van der Waals surface area contributed by atoms with E-state index in [1.165, 1.54) is 34.7 Å². The van der Waals surface area contributed by atoms with Crippen molar-refractivity contribution in [2.75, 3.05) is 25.8 Å². The summed E-state index contributed by atoms with van der Waals surface area (Å²) in [6, 6.07) is 11.7. The number of amides is 2. The second-order valence-corrected chi connectivity index (χ2v) is 7.59. The first-order chi connectivity index (χ1) is 15.0. The minimum atomic E-state index is -0.637. The molecule has 0 radical (unpaired) electrons. The van der Waals surface area contributed by atoms with E-state index in [1.54, 1.807) is 19.2 Å². The first-order valence-electron chi connectivity index (χ1n) is 9.29. The molecule has 1 aliphatic rings. The molecule has 3 N–H and O–H groups in total. The maximum absolute atomic E-state index is 12.7. The van der Waals surface area contributed by atoms with Gasteiger partial charge in [-0.05, 0) is 17.7 Å². The molecule has 1 aromatic carbocycles. The largest absolute Gasteiger partial charge is 0.466 e. The molecule has 0 saturated heterocycles. The number of nitrogen functional groups attached to an aromatic ring is 1. The Morgan fingerprint density at radius 1 is 1.26 bits per heavy atom. The zero-order valence-electron chi connectivity index (χ0n) is 16.8. The number of urea groups is 1. The Kier molecular flexibility index (Phi) is 5.67. The highest BCUT2D eigenvalue weighted by Crippen LogP contribution is 2.33. The summed E-state index contributed by atoms with van der Waals surface area (Å²) in [6.07, 6.45) is 1.52. The van der Waals surface area contributed by atoms with Crippen molar-refractivity contribution >= 4 is 23.8 Å². The summed E-state index contributed by atoms with van der Waals surface area (Å²) < 4.78 is 11.7. The first-order valence-corrected chi connectivity index (χ1v) is 10.3. The number of hydrogen-bond donors (Lipinski definition) is 2. The third kappa shape index (κ3) is 3.87. The predicted molar refractivity (Wildman–Crippen MR) is 113 cm³/mol. The van der Waals surface area contributed by atoms with E-state index in [-0.39, 0.29) is 11.8 Å². The van der Waals surface area contributed by atoms with Crippen LogP contribution in [0.3, 0.4) is 0 Å². The summed E-state index contributed by atoms with van der Waals surface area (Å²) in [7, 11) is 2.90. The van der Waals surface area contributed by atoms with E-state index in [2.05, 4.69) is 15.5 Å². The lowest BCUT2D eigenvalue weighted by Crippen LogP contribution is -2.47. The Morgan fingerprint density at radius 3 is 2.71 bits per heavy atom. The number of rotatable bonds is 6. The third-order valence-electron chi connectivity index (χ3n) is 4.86. The average molecular weight is 440 g/mol. The average Bonchev–Trinajstić information content (AvgIpc) is 3.44. The molecule has 3 aromatic rings. The van der Waals surface area contributed by atoms with E-state index in [0.717, 1.165) is 5.56 Å². The Morgan fingerprint density at radius 2 is 2.03 bits per heavy atom. The van der Waals surface area contributed by atoms with Crippen LogP contribution in [0, 0.1) is 0 Å². The van der Waals surface area contributed by atoms with Crippen molar-refractivity contribution in [2.45, 2.75) is 11.2 Å². The fourth-order valence-electron chi connectivity index (χ4n) is 3.26. The fourth-order valence-corrected chi connectivity index (χ4v) is 4.20. The summed E-state index contributed by atoms with van der Waals surface area (Å²) in [4.78, 5) is 26.7. The molecule has 4 rings (SSSR count). The SMILES string of the molecule is COC(=O)C1=C(CSc2nnc(-c3ccco3)n2N)N(C)C(=O)NC1c1ccccc1. The van der Waals surface area contributed by atoms with Gasteiger partial charge in [-0.2, -0.15) is 0 Å². The van der Waals surface area contributed by atoms with Crippen molar-refractivity contribution in [1.29, 1.82) is 0 Å². The van der Waals surface area contributed by atoms with Gasteiger partial charge in [0.05, 0.1) is 25.0 Å². The summed E-state index contributed by atoms with van der Waals surface area (Å²) in [5.74, 6) is 6.68. The second-order valence-electron chi connectivity index (χ2n) is 6.65. The number of esters is 1. The van der Waals surface area contributed by atoms with Crippen LogP contribution in [0.15, 0.2) is 69.6 Å². The number of benzene rings is 1. The summed E-state index contributed by atoms with van der Waals surface area (Å²) in [5.41, 5.74) is 1.61. The van der Waals surface area contributed by atoms with Gasteiger partial charge in [0.25, 0.3) is 0 Å². The number of methoxy groups -OCH3 is 1. The molecule has 11 heteroatoms. The van der Waals surface area contributed by atoms with Crippen LogP contribution in [0.1, 0.15) is 11.6 Å². The van der Waals surface area contributed by atoms with Crippen LogP contribution in [0.2, 0.25) is 0 Å². The minimum absolute atomic E-state index is 0.241. The number of thioether (sulfide) groups is 1. The molecule has 0 bridgehead atoms. The number of ether oxygens (including phenoxy) is 1. The number of hydrogen-bond acceptors (Lipinski definition) is 8. The monoisotopic (exact) mass is 440 g/mol. The molecule has 1 unspecified atom stereocenters. The number of carbonyl (C=O) groups excluding carboxylic acids is 2. The highest BCUT2D eigenvalue weighted by atomic mass is 32.2. The number of nitrogens with two attached hydrogens (primary N) is 1. The van der Waals surface area contributed by atoms with Crippen LogP contribution >= 0.6 is 11.8 Å². The second kappa shape index (κ2) is 8.56. The van der Waals surface area contributed by atoms with Crippen molar-refractivity contribution in [1.82, 2.24) is 25.1 Å². The van der Waals surface area contributed by atoms with Crippen LogP contribution in [0.4, 0.5) is 4.79 Å². The van der Waals surface area contributed by atoms with Gasteiger partial charge in [0.15, 0.2) is 5.76 Å². The summed E-state index contributed by atoms with van der Waals surface area (Å²) in [5, 5.41) is 11.4. The Labute approximate surface area is 182 Å². The first kappa shape index (κ1) is 20.5. The minimum Gasteiger partial charge on any atom is -0.466 e. The Balaban J connectivity index is 1.68. The van der Waals surface area contributed by atoms with Crippen LogP contribution in [-0.2, 0) is 9.53 Å². The quantitative estimate of drug-likeness (QED) is 0.339. The van der Waals surface area contributed by atoms with Crippen LogP contribution in [0.25, 0.3) is 11.6 Å². The van der Waals surface area contributed by atoms with Crippen LogP contribution < -0.4 is 11.2 Å². The highest BCUT2D eigenvalue weighted by molar-refractivity contribution is 7.99. The Hall–Kier alpha value is -3.73. The van der Waals surface area contributed by atoms with E-state index < -0.39 is 12.0 Å². The number of carbonyl (C=O) groups is 2. The summed E-state index contributed by atoms with van der Waals surface area (Å²) in [6.45, 7) is 0. The third-order valence-corrected chi connectivity index (χ3v) is 5.81. The number of furan rings is 1. The van der Waals surface area contributed by atoms with Gasteiger partial charge in [0.1, 0.15) is 0 Å². The van der Waals surface area contributed by atoms with Gasteiger partial charge in [-0.3, -0.25) is 4.90 Å². The topological polar surface area (TPSA) is 129 Å². The zero-order chi connectivity index (χ0) is 22.0. The molecule has 1 atom stereocenters. The number of nitrogens with one attached hydrogen (secondary N) is 1. The highest BCUT2D eigenvalue weighted by Gasteiger charge is 2.36. The standard InChI is InChI=1S/C20H20N6O4S/c1-25-13(11-31-20-24-23-17(26(20)21)14-9-6-10-30-14)15(18(27)29-2)16(22-19(25)28)12-7-4-3-5-8-12/h3-10,16H,11,21H2,1-2H3,(H,22,28). The van der Waals surface area contributed by atoms with Crippen molar-refractivity contribution in [2.24, 2.45) is 0 Å². The number of aromatic nitrogens is 3. The van der Waals surface area contributed by atoms with Crippen LogP contribution in [0.5, 0.6) is 0 Å². The molecule has 1 aliphatic heterocycles. The lowest BCUT2D eigenvalue weighted by Gasteiger charge is -2.34. The molecule has 31 heavy (non-hydrogen) atoms. The molecule has 0 fully saturated rings. The lowest BCUT2D eigenvalue weighted by atomic mass is 9.95. The van der Waals surface area contributed by atoms with Crippen molar-refractivity contribution in [3.8, 4) is 11.6 Å². The van der Waals surface area contributed by atoms with Gasteiger partial charge in [0, 0.05) is 18.5 Å². The molecule has 0 aliphatic carbocycles. The molecular formula is C20H20N6O4S. The normalized spacial score (nSPS) is 16.4. The molecule has 2 aromatic heterocycles. The van der Waals surface area contributed by atoms with E-state index in [0.29, 0.717) is 28.0 Å². The smallest absolute Gasteiger partial charge is 0.338 e. The Bertz CT molecular complexity index is 1130. The van der Waals surface area contributed by atoms with Gasteiger partial charge in [0.2, 0.25) is 11.0 Å². The van der Waals surface area contributed by atoms with Crippen molar-refractivity contribution < 1.29 is 18.7 Å². The number of nitrogens with zero attached hydrogens (tertiary/aromatic N) is 4. The van der Waals surface area contributed by atoms with Crippen molar-refractivity contribution in [3.63, 3.8) is 0 Å². The predicted octanol–water partition coefficient (Wildman–Crippen LogP) is 2.17. The maximum Gasteiger partial charge on any atom is 0.338 e. The molecule has 160 valence electrons. The van der Waals surface area contributed by atoms with Gasteiger partial charge < -0.3 is 20.3 Å².